The molecule has 3 rings (SSSR count). The van der Waals surface area contributed by atoms with Gasteiger partial charge in [-0.05, 0) is 36.8 Å². The highest BCUT2D eigenvalue weighted by Crippen LogP contribution is 2.28. The SMILES string of the molecule is CCCCCC(=O)Nc1ccc(-c2csc(Nc3cccc(F)c3)n2)cc1. The second-order valence-electron chi connectivity index (χ2n) is 6.26. The third-order valence-electron chi connectivity index (χ3n) is 4.05. The lowest BCUT2D eigenvalue weighted by Gasteiger charge is -2.06. The van der Waals surface area contributed by atoms with Crippen LogP contribution in [0.1, 0.15) is 32.6 Å². The zero-order valence-corrected chi connectivity index (χ0v) is 16.0. The van der Waals surface area contributed by atoms with Crippen molar-refractivity contribution in [3.05, 3.63) is 59.7 Å². The van der Waals surface area contributed by atoms with E-state index >= 15 is 0 Å². The molecule has 1 aromatic heterocycles. The molecule has 6 heteroatoms. The number of benzene rings is 2. The van der Waals surface area contributed by atoms with Crippen molar-refractivity contribution in [1.29, 1.82) is 0 Å². The van der Waals surface area contributed by atoms with E-state index in [0.29, 0.717) is 17.2 Å². The molecule has 0 bridgehead atoms. The van der Waals surface area contributed by atoms with Crippen LogP contribution in [-0.2, 0) is 4.79 Å². The van der Waals surface area contributed by atoms with E-state index < -0.39 is 0 Å². The molecule has 0 aliphatic carbocycles. The molecule has 2 aromatic carbocycles. The van der Waals surface area contributed by atoms with Gasteiger partial charge in [-0.15, -0.1) is 11.3 Å². The van der Waals surface area contributed by atoms with Crippen molar-refractivity contribution in [2.75, 3.05) is 10.6 Å². The van der Waals surface area contributed by atoms with Gasteiger partial charge in [0.05, 0.1) is 5.69 Å². The molecule has 0 aliphatic rings. The topological polar surface area (TPSA) is 54.0 Å². The number of nitrogens with zero attached hydrogens (tertiary/aromatic N) is 1. The Morgan fingerprint density at radius 1 is 1.11 bits per heavy atom. The second kappa shape index (κ2) is 9.28. The van der Waals surface area contributed by atoms with Crippen molar-refractivity contribution in [3.8, 4) is 11.3 Å². The van der Waals surface area contributed by atoms with Gasteiger partial charge >= 0.3 is 0 Å². The average molecular weight is 383 g/mol. The fourth-order valence-corrected chi connectivity index (χ4v) is 3.38. The molecule has 2 N–H and O–H groups in total. The molecule has 0 radical (unpaired) electrons. The number of thiazole rings is 1. The van der Waals surface area contributed by atoms with Gasteiger partial charge in [0.25, 0.3) is 0 Å². The van der Waals surface area contributed by atoms with E-state index in [-0.39, 0.29) is 11.7 Å². The third-order valence-corrected chi connectivity index (χ3v) is 4.81. The van der Waals surface area contributed by atoms with Crippen LogP contribution < -0.4 is 10.6 Å². The van der Waals surface area contributed by atoms with Crippen LogP contribution in [0, 0.1) is 5.82 Å². The highest BCUT2D eigenvalue weighted by atomic mass is 32.1. The molecule has 3 aromatic rings. The normalized spacial score (nSPS) is 10.6. The Bertz CT molecular complexity index is 892. The van der Waals surface area contributed by atoms with Crippen LogP contribution in [-0.4, -0.2) is 10.9 Å². The molecule has 0 unspecified atom stereocenters. The van der Waals surface area contributed by atoms with Crippen molar-refractivity contribution in [1.82, 2.24) is 4.98 Å². The number of aromatic nitrogens is 1. The molecule has 0 saturated carbocycles. The summed E-state index contributed by atoms with van der Waals surface area (Å²) in [7, 11) is 0. The number of carbonyl (C=O) groups excluding carboxylic acids is 1. The van der Waals surface area contributed by atoms with E-state index in [0.717, 1.165) is 36.2 Å². The van der Waals surface area contributed by atoms with Gasteiger partial charge in [-0.2, -0.15) is 0 Å². The highest BCUT2D eigenvalue weighted by molar-refractivity contribution is 7.14. The number of carbonyl (C=O) groups is 1. The summed E-state index contributed by atoms with van der Waals surface area (Å²) in [5.74, 6) is -0.240. The molecule has 0 spiro atoms. The first-order valence-electron chi connectivity index (χ1n) is 9.02. The smallest absolute Gasteiger partial charge is 0.224 e. The first kappa shape index (κ1) is 19.0. The van der Waals surface area contributed by atoms with E-state index in [1.165, 1.54) is 23.5 Å². The minimum absolute atomic E-state index is 0.0476. The quantitative estimate of drug-likeness (QED) is 0.455. The average Bonchev–Trinajstić information content (AvgIpc) is 3.11. The Labute approximate surface area is 162 Å². The summed E-state index contributed by atoms with van der Waals surface area (Å²) in [4.78, 5) is 16.4. The van der Waals surface area contributed by atoms with Gasteiger partial charge in [0.15, 0.2) is 5.13 Å². The van der Waals surface area contributed by atoms with E-state index in [1.54, 1.807) is 12.1 Å². The second-order valence-corrected chi connectivity index (χ2v) is 7.11. The Kier molecular flexibility index (Phi) is 6.54. The van der Waals surface area contributed by atoms with Crippen molar-refractivity contribution in [2.45, 2.75) is 32.6 Å². The zero-order chi connectivity index (χ0) is 19.1. The predicted molar refractivity (Wildman–Crippen MR) is 110 cm³/mol. The Morgan fingerprint density at radius 3 is 2.67 bits per heavy atom. The lowest BCUT2D eigenvalue weighted by molar-refractivity contribution is -0.116. The van der Waals surface area contributed by atoms with Crippen LogP contribution in [0.4, 0.5) is 20.9 Å². The Morgan fingerprint density at radius 2 is 1.93 bits per heavy atom. The summed E-state index contributed by atoms with van der Waals surface area (Å²) < 4.78 is 13.3. The number of hydrogen-bond acceptors (Lipinski definition) is 4. The van der Waals surface area contributed by atoms with E-state index in [9.17, 15) is 9.18 Å². The Balaban J connectivity index is 1.60. The predicted octanol–water partition coefficient (Wildman–Crippen LogP) is 6.21. The molecule has 1 heterocycles. The molecule has 0 saturated heterocycles. The number of nitrogens with one attached hydrogen (secondary N) is 2. The van der Waals surface area contributed by atoms with Gasteiger partial charge in [0.2, 0.25) is 5.91 Å². The van der Waals surface area contributed by atoms with Crippen LogP contribution in [0.25, 0.3) is 11.3 Å². The van der Waals surface area contributed by atoms with Crippen molar-refractivity contribution < 1.29 is 9.18 Å². The molecular weight excluding hydrogens is 361 g/mol. The van der Waals surface area contributed by atoms with Crippen LogP contribution in [0.2, 0.25) is 0 Å². The van der Waals surface area contributed by atoms with Crippen LogP contribution >= 0.6 is 11.3 Å². The summed E-state index contributed by atoms with van der Waals surface area (Å²) in [5, 5.41) is 8.67. The largest absolute Gasteiger partial charge is 0.331 e. The molecule has 27 heavy (non-hydrogen) atoms. The molecular formula is C21H22FN3OS. The molecule has 0 atom stereocenters. The number of amides is 1. The van der Waals surface area contributed by atoms with E-state index in [1.807, 2.05) is 29.6 Å². The minimum Gasteiger partial charge on any atom is -0.331 e. The third kappa shape index (κ3) is 5.62. The van der Waals surface area contributed by atoms with E-state index in [4.69, 9.17) is 0 Å². The molecule has 0 fully saturated rings. The molecule has 4 nitrogen and oxygen atoms in total. The van der Waals surface area contributed by atoms with Gasteiger partial charge in [-0.3, -0.25) is 4.79 Å². The number of unbranched alkanes of at least 4 members (excludes halogenated alkanes) is 2. The van der Waals surface area contributed by atoms with Gasteiger partial charge < -0.3 is 10.6 Å². The number of anilines is 3. The minimum atomic E-state index is -0.288. The lowest BCUT2D eigenvalue weighted by Crippen LogP contribution is -2.10. The first-order valence-corrected chi connectivity index (χ1v) is 9.90. The summed E-state index contributed by atoms with van der Waals surface area (Å²) in [6.45, 7) is 2.12. The fraction of sp³-hybridized carbons (Fsp3) is 0.238. The van der Waals surface area contributed by atoms with Gasteiger partial charge in [-0.1, -0.05) is 38.0 Å². The maximum atomic E-state index is 13.3. The van der Waals surface area contributed by atoms with Crippen LogP contribution in [0.3, 0.4) is 0 Å². The summed E-state index contributed by atoms with van der Waals surface area (Å²) in [6.07, 6.45) is 3.64. The Hall–Kier alpha value is -2.73. The van der Waals surface area contributed by atoms with E-state index in [2.05, 4.69) is 22.5 Å². The first-order chi connectivity index (χ1) is 13.1. The van der Waals surface area contributed by atoms with Crippen molar-refractivity contribution in [2.24, 2.45) is 0 Å². The maximum absolute atomic E-state index is 13.3. The lowest BCUT2D eigenvalue weighted by atomic mass is 10.1. The number of halogens is 1. The van der Waals surface area contributed by atoms with Crippen molar-refractivity contribution in [3.63, 3.8) is 0 Å². The zero-order valence-electron chi connectivity index (χ0n) is 15.2. The summed E-state index contributed by atoms with van der Waals surface area (Å²) in [6, 6.07) is 13.9. The van der Waals surface area contributed by atoms with Gasteiger partial charge in [0.1, 0.15) is 5.82 Å². The van der Waals surface area contributed by atoms with Crippen molar-refractivity contribution >= 4 is 33.8 Å². The molecule has 1 amide bonds. The van der Waals surface area contributed by atoms with Crippen LogP contribution in [0.5, 0.6) is 0 Å². The number of hydrogen-bond donors (Lipinski definition) is 2. The fourth-order valence-electron chi connectivity index (χ4n) is 2.64. The number of rotatable bonds is 8. The maximum Gasteiger partial charge on any atom is 0.224 e. The standard InChI is InChI=1S/C21H22FN3OS/c1-2-3-4-8-20(26)23-17-11-9-15(10-12-17)19-14-27-21(25-19)24-18-7-5-6-16(22)13-18/h5-7,9-14H,2-4,8H2,1H3,(H,23,26)(H,24,25). The van der Waals surface area contributed by atoms with Crippen LogP contribution in [0.15, 0.2) is 53.9 Å². The summed E-state index contributed by atoms with van der Waals surface area (Å²) >= 11 is 1.46. The summed E-state index contributed by atoms with van der Waals surface area (Å²) in [5.41, 5.74) is 3.24. The van der Waals surface area contributed by atoms with Gasteiger partial charge in [0, 0.05) is 28.7 Å². The monoisotopic (exact) mass is 383 g/mol. The highest BCUT2D eigenvalue weighted by Gasteiger charge is 2.07. The molecule has 0 aliphatic heterocycles. The van der Waals surface area contributed by atoms with Gasteiger partial charge in [-0.25, -0.2) is 9.37 Å². The molecule has 140 valence electrons.